The number of fused-ring (bicyclic) bond motifs is 1. The molecule has 140 valence electrons. The summed E-state index contributed by atoms with van der Waals surface area (Å²) in [7, 11) is 3.14. The molecule has 0 aliphatic carbocycles. The number of aryl methyl sites for hydroxylation is 1. The van der Waals surface area contributed by atoms with Gasteiger partial charge in [-0.25, -0.2) is 0 Å². The quantitative estimate of drug-likeness (QED) is 0.520. The lowest BCUT2D eigenvalue weighted by Gasteiger charge is -2.11. The van der Waals surface area contributed by atoms with Crippen LogP contribution in [0, 0.1) is 18.3 Å². The third-order valence-corrected chi connectivity index (χ3v) is 4.41. The minimum Gasteiger partial charge on any atom is -0.497 e. The van der Waals surface area contributed by atoms with Gasteiger partial charge in [0.15, 0.2) is 0 Å². The van der Waals surface area contributed by atoms with E-state index in [1.807, 2.05) is 55.5 Å². The molecule has 1 N–H and O–H groups in total. The fourth-order valence-electron chi connectivity index (χ4n) is 2.88. The smallest absolute Gasteiger partial charge is 0.266 e. The number of anilines is 1. The Morgan fingerprint density at radius 3 is 2.39 bits per heavy atom. The Bertz CT molecular complexity index is 1090. The highest BCUT2D eigenvalue weighted by molar-refractivity contribution is 6.11. The van der Waals surface area contributed by atoms with E-state index in [9.17, 15) is 10.1 Å². The number of nitriles is 1. The van der Waals surface area contributed by atoms with E-state index in [1.165, 1.54) is 0 Å². The summed E-state index contributed by atoms with van der Waals surface area (Å²) in [5, 5.41) is 14.1. The Kier molecular flexibility index (Phi) is 5.61. The van der Waals surface area contributed by atoms with Crippen LogP contribution < -0.4 is 14.8 Å². The Morgan fingerprint density at radius 2 is 1.75 bits per heavy atom. The highest BCUT2D eigenvalue weighted by Gasteiger charge is 2.14. The van der Waals surface area contributed by atoms with Crippen LogP contribution in [0.25, 0.3) is 16.8 Å². The van der Waals surface area contributed by atoms with Gasteiger partial charge in [-0.2, -0.15) is 5.26 Å². The van der Waals surface area contributed by atoms with Crippen molar-refractivity contribution < 1.29 is 14.3 Å². The number of ether oxygens (including phenoxy) is 2. The summed E-state index contributed by atoms with van der Waals surface area (Å²) in [5.41, 5.74) is 2.34. The molecule has 0 radical (unpaired) electrons. The number of hydrogen-bond donors (Lipinski definition) is 1. The molecule has 0 saturated carbocycles. The van der Waals surface area contributed by atoms with Crippen molar-refractivity contribution in [2.45, 2.75) is 6.92 Å². The molecule has 0 aliphatic heterocycles. The van der Waals surface area contributed by atoms with E-state index >= 15 is 0 Å². The zero-order valence-electron chi connectivity index (χ0n) is 15.9. The predicted molar refractivity (Wildman–Crippen MR) is 110 cm³/mol. The molecular weight excluding hydrogens is 352 g/mol. The number of rotatable bonds is 5. The van der Waals surface area contributed by atoms with Gasteiger partial charge in [0.2, 0.25) is 0 Å². The van der Waals surface area contributed by atoms with E-state index in [4.69, 9.17) is 9.47 Å². The number of nitrogens with one attached hydrogen (secondary N) is 1. The number of hydrogen-bond acceptors (Lipinski definition) is 4. The van der Waals surface area contributed by atoms with E-state index in [2.05, 4.69) is 5.32 Å². The number of benzene rings is 3. The van der Waals surface area contributed by atoms with Gasteiger partial charge in [-0.05, 0) is 54.1 Å². The van der Waals surface area contributed by atoms with Crippen LogP contribution in [-0.4, -0.2) is 20.1 Å². The van der Waals surface area contributed by atoms with E-state index in [0.29, 0.717) is 22.7 Å². The number of carbonyl (C=O) groups is 1. The first kappa shape index (κ1) is 19.0. The fourth-order valence-corrected chi connectivity index (χ4v) is 2.88. The second-order valence-corrected chi connectivity index (χ2v) is 6.26. The molecule has 0 unspecified atom stereocenters. The zero-order chi connectivity index (χ0) is 20.1. The van der Waals surface area contributed by atoms with Crippen molar-refractivity contribution >= 4 is 28.4 Å². The highest BCUT2D eigenvalue weighted by Crippen LogP contribution is 2.32. The Morgan fingerprint density at radius 1 is 1.04 bits per heavy atom. The van der Waals surface area contributed by atoms with Crippen LogP contribution in [0.15, 0.2) is 60.2 Å². The summed E-state index contributed by atoms with van der Waals surface area (Å²) >= 11 is 0. The van der Waals surface area contributed by atoms with Crippen molar-refractivity contribution in [3.05, 3.63) is 71.3 Å². The molecule has 3 aromatic carbocycles. The maximum absolute atomic E-state index is 12.6. The van der Waals surface area contributed by atoms with Crippen LogP contribution in [0.5, 0.6) is 11.5 Å². The molecule has 0 bridgehead atoms. The summed E-state index contributed by atoms with van der Waals surface area (Å²) in [6.45, 7) is 1.97. The van der Waals surface area contributed by atoms with Gasteiger partial charge in [-0.15, -0.1) is 0 Å². The van der Waals surface area contributed by atoms with Gasteiger partial charge < -0.3 is 14.8 Å². The third kappa shape index (κ3) is 3.97. The molecule has 0 fully saturated rings. The average Bonchev–Trinajstić information content (AvgIpc) is 2.72. The lowest BCUT2D eigenvalue weighted by Crippen LogP contribution is -2.13. The summed E-state index contributed by atoms with van der Waals surface area (Å²) < 4.78 is 10.8. The molecule has 5 heteroatoms. The normalized spacial score (nSPS) is 11.0. The first-order chi connectivity index (χ1) is 13.5. The molecule has 0 spiro atoms. The van der Waals surface area contributed by atoms with Crippen molar-refractivity contribution in [3.8, 4) is 17.6 Å². The summed E-state index contributed by atoms with van der Waals surface area (Å²) in [4.78, 5) is 12.6. The van der Waals surface area contributed by atoms with Crippen LogP contribution >= 0.6 is 0 Å². The van der Waals surface area contributed by atoms with Crippen molar-refractivity contribution in [2.75, 3.05) is 19.5 Å². The van der Waals surface area contributed by atoms with Crippen molar-refractivity contribution in [3.63, 3.8) is 0 Å². The first-order valence-corrected chi connectivity index (χ1v) is 8.70. The maximum Gasteiger partial charge on any atom is 0.266 e. The second kappa shape index (κ2) is 8.28. The molecule has 0 atom stereocenters. The molecule has 0 aliphatic rings. The zero-order valence-corrected chi connectivity index (χ0v) is 15.9. The molecule has 0 aromatic heterocycles. The van der Waals surface area contributed by atoms with Crippen LogP contribution in [0.2, 0.25) is 0 Å². The van der Waals surface area contributed by atoms with Gasteiger partial charge in [-0.1, -0.05) is 29.8 Å². The maximum atomic E-state index is 12.6. The lowest BCUT2D eigenvalue weighted by atomic mass is 10.0. The van der Waals surface area contributed by atoms with E-state index in [0.717, 1.165) is 16.3 Å². The number of carbonyl (C=O) groups excluding carboxylic acids is 1. The Hall–Kier alpha value is -3.78. The standard InChI is InChI=1S/C23H20N2O3/c1-15-4-8-18(9-5-15)25-23(26)17(14-24)12-21-20-13-19(27-2)10-6-16(20)7-11-22(21)28-3/h4-13H,1-3H3,(H,25,26)/b17-12+. The van der Waals surface area contributed by atoms with Gasteiger partial charge in [0.05, 0.1) is 14.2 Å². The molecule has 1 amide bonds. The van der Waals surface area contributed by atoms with E-state index in [-0.39, 0.29) is 5.57 Å². The molecule has 28 heavy (non-hydrogen) atoms. The first-order valence-electron chi connectivity index (χ1n) is 8.70. The number of methoxy groups -OCH3 is 2. The molecule has 0 heterocycles. The monoisotopic (exact) mass is 372 g/mol. The minimum absolute atomic E-state index is 0.0193. The second-order valence-electron chi connectivity index (χ2n) is 6.26. The van der Waals surface area contributed by atoms with Gasteiger partial charge >= 0.3 is 0 Å². The number of amides is 1. The summed E-state index contributed by atoms with van der Waals surface area (Å²) in [6, 6.07) is 18.7. The van der Waals surface area contributed by atoms with Crippen LogP contribution in [0.3, 0.4) is 0 Å². The SMILES string of the molecule is COc1ccc2ccc(OC)c(/C=C(\C#N)C(=O)Nc3ccc(C)cc3)c2c1. The van der Waals surface area contributed by atoms with Gasteiger partial charge in [0, 0.05) is 11.3 Å². The van der Waals surface area contributed by atoms with E-state index < -0.39 is 5.91 Å². The topological polar surface area (TPSA) is 71.3 Å². The summed E-state index contributed by atoms with van der Waals surface area (Å²) in [5.74, 6) is 0.767. The van der Waals surface area contributed by atoms with E-state index in [1.54, 1.807) is 32.4 Å². The number of nitrogens with zero attached hydrogens (tertiary/aromatic N) is 1. The van der Waals surface area contributed by atoms with Crippen molar-refractivity contribution in [2.24, 2.45) is 0 Å². The molecule has 5 nitrogen and oxygen atoms in total. The van der Waals surface area contributed by atoms with Gasteiger partial charge in [0.25, 0.3) is 5.91 Å². The Balaban J connectivity index is 2.05. The largest absolute Gasteiger partial charge is 0.497 e. The van der Waals surface area contributed by atoms with Crippen molar-refractivity contribution in [1.29, 1.82) is 5.26 Å². The third-order valence-electron chi connectivity index (χ3n) is 4.41. The van der Waals surface area contributed by atoms with Gasteiger partial charge in [0.1, 0.15) is 23.1 Å². The predicted octanol–water partition coefficient (Wildman–Crippen LogP) is 4.71. The molecule has 3 rings (SSSR count). The van der Waals surface area contributed by atoms with Crippen LogP contribution in [-0.2, 0) is 4.79 Å². The molecule has 0 saturated heterocycles. The molecular formula is C23H20N2O3. The summed E-state index contributed by atoms with van der Waals surface area (Å²) in [6.07, 6.45) is 1.55. The minimum atomic E-state index is -0.478. The van der Waals surface area contributed by atoms with Crippen LogP contribution in [0.4, 0.5) is 5.69 Å². The van der Waals surface area contributed by atoms with Crippen LogP contribution in [0.1, 0.15) is 11.1 Å². The van der Waals surface area contributed by atoms with Gasteiger partial charge in [-0.3, -0.25) is 4.79 Å². The lowest BCUT2D eigenvalue weighted by molar-refractivity contribution is -0.112. The average molecular weight is 372 g/mol. The van der Waals surface area contributed by atoms with Crippen molar-refractivity contribution in [1.82, 2.24) is 0 Å². The highest BCUT2D eigenvalue weighted by atomic mass is 16.5. The fraction of sp³-hybridized carbons (Fsp3) is 0.130. The Labute approximate surface area is 163 Å². The molecule has 3 aromatic rings.